The summed E-state index contributed by atoms with van der Waals surface area (Å²) in [5.74, 6) is 4.94. The molecule has 0 radical (unpaired) electrons. The predicted octanol–water partition coefficient (Wildman–Crippen LogP) is 15.5. The van der Waals surface area contributed by atoms with Gasteiger partial charge in [0.25, 0.3) is 0 Å². The molecule has 4 aliphatic rings. The molecule has 9 rings (SSSR count). The van der Waals surface area contributed by atoms with E-state index in [-0.39, 0.29) is 16.2 Å². The van der Waals surface area contributed by atoms with Crippen LogP contribution < -0.4 is 10.4 Å². The fraction of sp³-hybridized carbons (Fsp3) is 0.500. The number of fused-ring (bicyclic) bond motifs is 4. The van der Waals surface area contributed by atoms with E-state index in [1.807, 2.05) is 0 Å². The van der Waals surface area contributed by atoms with Crippen molar-refractivity contribution in [3.63, 3.8) is 0 Å². The van der Waals surface area contributed by atoms with E-state index in [4.69, 9.17) is 6.58 Å². The molecule has 0 saturated heterocycles. The van der Waals surface area contributed by atoms with Crippen LogP contribution in [0.4, 0.5) is 0 Å². The predicted molar refractivity (Wildman–Crippen MR) is 263 cm³/mol. The third-order valence-corrected chi connectivity index (χ3v) is 16.7. The van der Waals surface area contributed by atoms with Crippen LogP contribution in [0.2, 0.25) is 0 Å². The number of hydrogen-bond acceptors (Lipinski definition) is 0. The van der Waals surface area contributed by atoms with Gasteiger partial charge < -0.3 is 0 Å². The van der Waals surface area contributed by atoms with Gasteiger partial charge in [-0.25, -0.2) is 0 Å². The Kier molecular flexibility index (Phi) is 10.1. The van der Waals surface area contributed by atoms with Crippen LogP contribution in [0.15, 0.2) is 78.9 Å². The fourth-order valence-corrected chi connectivity index (χ4v) is 13.3. The van der Waals surface area contributed by atoms with E-state index in [0.717, 1.165) is 30.1 Å². The highest BCUT2D eigenvalue weighted by atomic mass is 14.6. The van der Waals surface area contributed by atoms with E-state index in [1.54, 1.807) is 16.3 Å². The van der Waals surface area contributed by atoms with Crippen molar-refractivity contribution in [2.45, 2.75) is 145 Å². The number of rotatable bonds is 3. The quantitative estimate of drug-likeness (QED) is 0.171. The summed E-state index contributed by atoms with van der Waals surface area (Å²) in [4.78, 5) is 0. The summed E-state index contributed by atoms with van der Waals surface area (Å²) in [6.45, 7) is 33.7. The smallest absolute Gasteiger partial charge is 0.00360 e. The largest absolute Gasteiger partial charge is 0.0911 e. The third kappa shape index (κ3) is 7.25. The molecule has 0 aromatic heterocycles. The Balaban J connectivity index is 1.07. The monoisotopic (exact) mass is 795 g/mol. The van der Waals surface area contributed by atoms with Gasteiger partial charge >= 0.3 is 0 Å². The lowest BCUT2D eigenvalue weighted by atomic mass is 9.63. The first kappa shape index (κ1) is 41.5. The maximum Gasteiger partial charge on any atom is -0.00360 e. The molecule has 0 spiro atoms. The molecule has 7 atom stereocenters. The van der Waals surface area contributed by atoms with E-state index in [2.05, 4.69) is 174 Å². The number of aryl methyl sites for hydroxylation is 1. The van der Waals surface area contributed by atoms with E-state index < -0.39 is 0 Å². The zero-order valence-corrected chi connectivity index (χ0v) is 39.4. The van der Waals surface area contributed by atoms with E-state index >= 15 is 0 Å². The molecule has 0 amide bonds. The number of hydrogen-bond donors (Lipinski definition) is 0. The van der Waals surface area contributed by atoms with Gasteiger partial charge in [-0.15, -0.1) is 0 Å². The molecule has 4 aliphatic carbocycles. The summed E-state index contributed by atoms with van der Waals surface area (Å²) < 4.78 is 0. The topological polar surface area (TPSA) is 0 Å². The zero-order chi connectivity index (χ0) is 42.7. The van der Waals surface area contributed by atoms with Crippen molar-refractivity contribution in [2.75, 3.05) is 0 Å². The standard InChI is InChI=1S/C60H74/c1-36-28-49(46-17-15-14-16-43(58(6,7)8)30-38-18-23-45(36)51(46)31-38)40-21-24-47-48-25-22-41(34-54(48)60(12,13)53(47)33-40)50-29-37(2)55-39(26-27-57(3,4)5)19-20-42-32-44(59(9,10)11)35-52(50)56(42)55/h14-20,23,26-31,35,40-41,44,47-48,53-54H,2,21-22,24-25,32-34H2,1,3-13H3/b15-14?,16-14?,17-15?,27-26+,38-30?,43-16?,43-30?,46-17?/t40-,41?,44?,47-,48+,53-,54+/m0/s1. The van der Waals surface area contributed by atoms with Crippen LogP contribution in [-0.4, -0.2) is 0 Å². The Morgan fingerprint density at radius 1 is 0.667 bits per heavy atom. The molecule has 60 heavy (non-hydrogen) atoms. The molecular weight excluding hydrogens is 721 g/mol. The van der Waals surface area contributed by atoms with Crippen molar-refractivity contribution in [3.8, 4) is 0 Å². The van der Waals surface area contributed by atoms with Gasteiger partial charge in [0.15, 0.2) is 0 Å². The van der Waals surface area contributed by atoms with Gasteiger partial charge in [-0.2, -0.15) is 0 Å². The molecule has 314 valence electrons. The van der Waals surface area contributed by atoms with Gasteiger partial charge in [-0.05, 0) is 197 Å². The first-order valence-electron chi connectivity index (χ1n) is 23.8. The van der Waals surface area contributed by atoms with Crippen LogP contribution in [0, 0.1) is 52.8 Å². The lowest BCUT2D eigenvalue weighted by Gasteiger charge is -2.41. The summed E-state index contributed by atoms with van der Waals surface area (Å²) in [7, 11) is 0. The summed E-state index contributed by atoms with van der Waals surface area (Å²) in [6, 6.07) is 29.0. The fourth-order valence-electron chi connectivity index (χ4n) is 13.3. The van der Waals surface area contributed by atoms with Gasteiger partial charge in [0.1, 0.15) is 0 Å². The highest BCUT2D eigenvalue weighted by Gasteiger charge is 2.57. The molecule has 0 heteroatoms. The molecule has 0 aliphatic heterocycles. The molecule has 3 saturated carbocycles. The lowest BCUT2D eigenvalue weighted by molar-refractivity contribution is 0.112. The Labute approximate surface area is 363 Å². The van der Waals surface area contributed by atoms with E-state index in [0.29, 0.717) is 23.2 Å². The van der Waals surface area contributed by atoms with Crippen LogP contribution >= 0.6 is 0 Å². The molecule has 0 N–H and O–H groups in total. The second kappa shape index (κ2) is 14.6. The van der Waals surface area contributed by atoms with E-state index in [9.17, 15) is 0 Å². The van der Waals surface area contributed by atoms with Crippen LogP contribution in [0.1, 0.15) is 160 Å². The minimum absolute atomic E-state index is 0.0933. The molecule has 2 bridgehead atoms. The minimum atomic E-state index is 0.0933. The normalized spacial score (nSPS) is 26.6. The average molecular weight is 795 g/mol. The highest BCUT2D eigenvalue weighted by Crippen LogP contribution is 2.66. The Bertz CT molecular complexity index is 2680. The summed E-state index contributed by atoms with van der Waals surface area (Å²) in [5, 5.41) is 11.3. The van der Waals surface area contributed by atoms with Gasteiger partial charge in [0, 0.05) is 0 Å². The Morgan fingerprint density at radius 2 is 1.33 bits per heavy atom. The van der Waals surface area contributed by atoms with Crippen LogP contribution in [-0.2, 0) is 11.8 Å². The maximum absolute atomic E-state index is 4.83. The van der Waals surface area contributed by atoms with Crippen molar-refractivity contribution in [1.29, 1.82) is 0 Å². The minimum Gasteiger partial charge on any atom is -0.0911 e. The van der Waals surface area contributed by atoms with Gasteiger partial charge in [0.2, 0.25) is 0 Å². The van der Waals surface area contributed by atoms with Crippen LogP contribution in [0.25, 0.3) is 51.0 Å². The molecular formula is C60H74. The van der Waals surface area contributed by atoms with Crippen molar-refractivity contribution in [2.24, 2.45) is 45.8 Å². The summed E-state index contributed by atoms with van der Waals surface area (Å²) in [6.07, 6.45) is 16.6. The maximum atomic E-state index is 4.83. The van der Waals surface area contributed by atoms with Crippen molar-refractivity contribution in [3.05, 3.63) is 123 Å². The molecule has 0 heterocycles. The molecule has 5 aromatic carbocycles. The SMILES string of the molecule is C=c1cc(C2CC[C@@H]3[C@@H]4CC[C@H](c5cc(C)c6ccc7cc(C(C)(C)C)ccccc5c6c7)C[C@@H]4C(C)(C)[C@@H]3C2)c2c3c(ccc(/C=C/C(C)(C)C)c13)CC(C(C)(C)C)C=2. The zero-order valence-electron chi connectivity index (χ0n) is 39.4. The highest BCUT2D eigenvalue weighted by molar-refractivity contribution is 6.04. The molecule has 2 unspecified atom stereocenters. The second-order valence-electron chi connectivity index (χ2n) is 24.1. The van der Waals surface area contributed by atoms with Crippen molar-refractivity contribution >= 4 is 51.0 Å². The van der Waals surface area contributed by atoms with Crippen molar-refractivity contribution in [1.82, 2.24) is 0 Å². The van der Waals surface area contributed by atoms with Gasteiger partial charge in [-0.1, -0.05) is 168 Å². The molecule has 0 nitrogen and oxygen atoms in total. The summed E-state index contributed by atoms with van der Waals surface area (Å²) in [5.41, 5.74) is 9.62. The average Bonchev–Trinajstić information content (AvgIpc) is 3.40. The van der Waals surface area contributed by atoms with Crippen LogP contribution in [0.5, 0.6) is 0 Å². The Morgan fingerprint density at radius 3 is 1.98 bits per heavy atom. The van der Waals surface area contributed by atoms with Gasteiger partial charge in [0.05, 0.1) is 0 Å². The van der Waals surface area contributed by atoms with Gasteiger partial charge in [-0.3, -0.25) is 0 Å². The first-order chi connectivity index (χ1) is 28.2. The number of benzene rings is 4. The van der Waals surface area contributed by atoms with E-state index in [1.165, 1.54) is 98.3 Å². The molecule has 3 fully saturated rings. The van der Waals surface area contributed by atoms with Crippen LogP contribution in [0.3, 0.4) is 0 Å². The second-order valence-corrected chi connectivity index (χ2v) is 24.1. The van der Waals surface area contributed by atoms with Crippen molar-refractivity contribution < 1.29 is 0 Å². The lowest BCUT2D eigenvalue weighted by Crippen LogP contribution is -2.35. The number of allylic oxidation sites excluding steroid dienone is 1. The first-order valence-corrected chi connectivity index (χ1v) is 23.8. The summed E-state index contributed by atoms with van der Waals surface area (Å²) >= 11 is 0. The third-order valence-electron chi connectivity index (χ3n) is 16.7. The Hall–Kier alpha value is -3.90. The molecule has 5 aromatic rings.